The number of carbonyl (C=O) groups is 2. The molecule has 1 unspecified atom stereocenters. The lowest BCUT2D eigenvalue weighted by atomic mass is 10.1. The van der Waals surface area contributed by atoms with E-state index in [1.165, 1.54) is 7.11 Å². The molecule has 0 radical (unpaired) electrons. The fourth-order valence-electron chi connectivity index (χ4n) is 1.98. The van der Waals surface area contributed by atoms with E-state index in [-0.39, 0.29) is 24.5 Å². The van der Waals surface area contributed by atoms with Crippen LogP contribution < -0.4 is 0 Å². The molecule has 5 heteroatoms. The molecule has 5 nitrogen and oxygen atoms in total. The predicted molar refractivity (Wildman–Crippen MR) is 57.9 cm³/mol. The zero-order valence-electron chi connectivity index (χ0n) is 9.90. The summed E-state index contributed by atoms with van der Waals surface area (Å²) in [7, 11) is 1.38. The van der Waals surface area contributed by atoms with Crippen molar-refractivity contribution in [3.8, 4) is 0 Å². The van der Waals surface area contributed by atoms with Gasteiger partial charge in [-0.1, -0.05) is 0 Å². The zero-order chi connectivity index (χ0) is 12.0. The van der Waals surface area contributed by atoms with E-state index in [0.717, 1.165) is 19.4 Å². The number of likely N-dealkylation sites (tertiary alicyclic amines) is 1. The fourth-order valence-corrected chi connectivity index (χ4v) is 1.98. The van der Waals surface area contributed by atoms with Crippen molar-refractivity contribution in [2.45, 2.75) is 32.2 Å². The van der Waals surface area contributed by atoms with E-state index in [1.807, 2.05) is 4.90 Å². The molecule has 0 bridgehead atoms. The molecular weight excluding hydrogens is 210 g/mol. The number of ether oxygens (including phenoxy) is 2. The second-order valence-corrected chi connectivity index (χ2v) is 3.85. The van der Waals surface area contributed by atoms with E-state index in [0.29, 0.717) is 13.0 Å². The molecule has 0 aromatic rings. The topological polar surface area (TPSA) is 55.8 Å². The number of methoxy groups -OCH3 is 1. The van der Waals surface area contributed by atoms with Crippen molar-refractivity contribution in [3.63, 3.8) is 0 Å². The zero-order valence-corrected chi connectivity index (χ0v) is 9.90. The molecule has 0 spiro atoms. The summed E-state index contributed by atoms with van der Waals surface area (Å²) in [5.74, 6) is -0.444. The first-order valence-electron chi connectivity index (χ1n) is 5.63. The van der Waals surface area contributed by atoms with E-state index >= 15 is 0 Å². The maximum absolute atomic E-state index is 11.3. The number of rotatable bonds is 5. The normalized spacial score (nSPS) is 20.8. The molecule has 1 atom stereocenters. The molecule has 0 aromatic heterocycles. The summed E-state index contributed by atoms with van der Waals surface area (Å²) in [6.45, 7) is 3.30. The van der Waals surface area contributed by atoms with Crippen molar-refractivity contribution in [1.29, 1.82) is 0 Å². The Kier molecular flexibility index (Phi) is 5.25. The third-order valence-electron chi connectivity index (χ3n) is 2.77. The largest absolute Gasteiger partial charge is 0.469 e. The molecule has 1 rings (SSSR count). The lowest BCUT2D eigenvalue weighted by Crippen LogP contribution is -2.36. The van der Waals surface area contributed by atoms with Crippen LogP contribution in [-0.2, 0) is 19.1 Å². The quantitative estimate of drug-likeness (QED) is 0.645. The number of hydrogen-bond donors (Lipinski definition) is 0. The van der Waals surface area contributed by atoms with Gasteiger partial charge in [-0.05, 0) is 26.3 Å². The summed E-state index contributed by atoms with van der Waals surface area (Å²) in [6, 6.07) is 0.122. The van der Waals surface area contributed by atoms with Gasteiger partial charge >= 0.3 is 11.9 Å². The highest BCUT2D eigenvalue weighted by Crippen LogP contribution is 2.20. The lowest BCUT2D eigenvalue weighted by molar-refractivity contribution is -0.147. The first kappa shape index (κ1) is 13.0. The third kappa shape index (κ3) is 3.81. The molecule has 1 fully saturated rings. The standard InChI is InChI=1S/C11H19NO4/c1-3-16-11(14)8-12-6-4-5-9(12)7-10(13)15-2/h9H,3-8H2,1-2H3. The van der Waals surface area contributed by atoms with E-state index in [1.54, 1.807) is 6.92 Å². The maximum Gasteiger partial charge on any atom is 0.320 e. The summed E-state index contributed by atoms with van der Waals surface area (Å²) in [5.41, 5.74) is 0. The van der Waals surface area contributed by atoms with Crippen LogP contribution >= 0.6 is 0 Å². The number of esters is 2. The molecule has 0 aliphatic carbocycles. The minimum Gasteiger partial charge on any atom is -0.469 e. The van der Waals surface area contributed by atoms with E-state index < -0.39 is 0 Å². The molecule has 0 amide bonds. The van der Waals surface area contributed by atoms with Crippen molar-refractivity contribution in [2.24, 2.45) is 0 Å². The van der Waals surface area contributed by atoms with Crippen LogP contribution in [0, 0.1) is 0 Å². The van der Waals surface area contributed by atoms with Crippen LogP contribution in [0.2, 0.25) is 0 Å². The first-order chi connectivity index (χ1) is 7.67. The Labute approximate surface area is 95.7 Å². The van der Waals surface area contributed by atoms with Crippen LogP contribution in [0.1, 0.15) is 26.2 Å². The molecule has 1 aliphatic heterocycles. The van der Waals surface area contributed by atoms with Crippen LogP contribution in [0.4, 0.5) is 0 Å². The van der Waals surface area contributed by atoms with Gasteiger partial charge in [-0.15, -0.1) is 0 Å². The Morgan fingerprint density at radius 2 is 2.12 bits per heavy atom. The summed E-state index contributed by atoms with van der Waals surface area (Å²) in [4.78, 5) is 24.5. The van der Waals surface area contributed by atoms with Gasteiger partial charge in [0.1, 0.15) is 0 Å². The Hall–Kier alpha value is -1.10. The Bertz CT molecular complexity index is 254. The Morgan fingerprint density at radius 1 is 1.38 bits per heavy atom. The van der Waals surface area contributed by atoms with Crippen molar-refractivity contribution < 1.29 is 19.1 Å². The Balaban J connectivity index is 2.39. The second-order valence-electron chi connectivity index (χ2n) is 3.85. The molecule has 92 valence electrons. The van der Waals surface area contributed by atoms with Gasteiger partial charge in [0.05, 0.1) is 26.7 Å². The Morgan fingerprint density at radius 3 is 2.75 bits per heavy atom. The number of hydrogen-bond acceptors (Lipinski definition) is 5. The molecular formula is C11H19NO4. The van der Waals surface area contributed by atoms with Crippen LogP contribution in [0.3, 0.4) is 0 Å². The molecule has 0 aromatic carbocycles. The smallest absolute Gasteiger partial charge is 0.320 e. The van der Waals surface area contributed by atoms with Crippen LogP contribution in [-0.4, -0.2) is 49.7 Å². The van der Waals surface area contributed by atoms with Gasteiger partial charge in [0.2, 0.25) is 0 Å². The van der Waals surface area contributed by atoms with Gasteiger partial charge in [-0.25, -0.2) is 0 Å². The molecule has 16 heavy (non-hydrogen) atoms. The molecule has 0 N–H and O–H groups in total. The number of carbonyl (C=O) groups excluding carboxylic acids is 2. The van der Waals surface area contributed by atoms with Gasteiger partial charge in [-0.2, -0.15) is 0 Å². The molecule has 0 saturated carbocycles. The minimum atomic E-state index is -0.223. The summed E-state index contributed by atoms with van der Waals surface area (Å²) in [5, 5.41) is 0. The summed E-state index contributed by atoms with van der Waals surface area (Å²) in [6.07, 6.45) is 2.31. The predicted octanol–water partition coefficient (Wildman–Crippen LogP) is 0.577. The summed E-state index contributed by atoms with van der Waals surface area (Å²) < 4.78 is 9.52. The fraction of sp³-hybridized carbons (Fsp3) is 0.818. The van der Waals surface area contributed by atoms with Gasteiger partial charge in [-0.3, -0.25) is 14.5 Å². The van der Waals surface area contributed by atoms with Crippen LogP contribution in [0.5, 0.6) is 0 Å². The molecule has 1 aliphatic rings. The minimum absolute atomic E-state index is 0.122. The van der Waals surface area contributed by atoms with Crippen molar-refractivity contribution in [2.75, 3.05) is 26.8 Å². The van der Waals surface area contributed by atoms with Crippen LogP contribution in [0.25, 0.3) is 0 Å². The highest BCUT2D eigenvalue weighted by Gasteiger charge is 2.28. The maximum atomic E-state index is 11.3. The SMILES string of the molecule is CCOC(=O)CN1CCCC1CC(=O)OC. The summed E-state index contributed by atoms with van der Waals surface area (Å²) >= 11 is 0. The molecule has 1 saturated heterocycles. The number of nitrogens with zero attached hydrogens (tertiary/aromatic N) is 1. The van der Waals surface area contributed by atoms with E-state index in [2.05, 4.69) is 4.74 Å². The average Bonchev–Trinajstić information content (AvgIpc) is 2.66. The lowest BCUT2D eigenvalue weighted by Gasteiger charge is -2.22. The monoisotopic (exact) mass is 229 g/mol. The van der Waals surface area contributed by atoms with Gasteiger partial charge in [0.15, 0.2) is 0 Å². The highest BCUT2D eigenvalue weighted by atomic mass is 16.5. The van der Waals surface area contributed by atoms with Gasteiger partial charge in [0, 0.05) is 6.04 Å². The van der Waals surface area contributed by atoms with Gasteiger partial charge in [0.25, 0.3) is 0 Å². The van der Waals surface area contributed by atoms with Crippen LogP contribution in [0.15, 0.2) is 0 Å². The van der Waals surface area contributed by atoms with Crippen molar-refractivity contribution >= 4 is 11.9 Å². The highest BCUT2D eigenvalue weighted by molar-refractivity contribution is 5.72. The third-order valence-corrected chi connectivity index (χ3v) is 2.77. The molecule has 1 heterocycles. The van der Waals surface area contributed by atoms with Crippen molar-refractivity contribution in [3.05, 3.63) is 0 Å². The van der Waals surface area contributed by atoms with Gasteiger partial charge < -0.3 is 9.47 Å². The van der Waals surface area contributed by atoms with E-state index in [9.17, 15) is 9.59 Å². The second kappa shape index (κ2) is 6.48. The van der Waals surface area contributed by atoms with Crippen molar-refractivity contribution in [1.82, 2.24) is 4.90 Å². The van der Waals surface area contributed by atoms with E-state index in [4.69, 9.17) is 4.74 Å². The first-order valence-corrected chi connectivity index (χ1v) is 5.63. The average molecular weight is 229 g/mol.